The van der Waals surface area contributed by atoms with Gasteiger partial charge in [-0.05, 0) is 48.7 Å². The van der Waals surface area contributed by atoms with Crippen molar-refractivity contribution < 1.29 is 4.74 Å². The molecule has 6 heteroatoms. The molecule has 0 saturated carbocycles. The van der Waals surface area contributed by atoms with Crippen molar-refractivity contribution in [2.45, 2.75) is 18.9 Å². The number of pyridine rings is 3. The standard InChI is InChI=1S/C22H20N4O2/c23-20-5-2-15(12-25-20)14-1-4-19-18(11-14)22-16(13-24-19)3-6-21(27)26(22)17-7-9-28-10-8-17/h1-6,11-13,17H,7-10H2,(H2,23,25). The summed E-state index contributed by atoms with van der Waals surface area (Å²) in [6.07, 6.45) is 5.28. The number of rotatable bonds is 2. The van der Waals surface area contributed by atoms with E-state index in [-0.39, 0.29) is 11.6 Å². The minimum atomic E-state index is 0.0199. The van der Waals surface area contributed by atoms with E-state index in [0.29, 0.717) is 19.0 Å². The third-order valence-electron chi connectivity index (χ3n) is 5.43. The van der Waals surface area contributed by atoms with Gasteiger partial charge in [-0.25, -0.2) is 4.98 Å². The maximum atomic E-state index is 12.8. The Labute approximate surface area is 161 Å². The number of nitrogens with zero attached hydrogens (tertiary/aromatic N) is 3. The number of hydrogen-bond donors (Lipinski definition) is 1. The Kier molecular flexibility index (Phi) is 4.06. The molecule has 3 aromatic heterocycles. The highest BCUT2D eigenvalue weighted by Gasteiger charge is 2.20. The minimum absolute atomic E-state index is 0.0199. The Balaban J connectivity index is 1.79. The van der Waals surface area contributed by atoms with Crippen LogP contribution in [0.2, 0.25) is 0 Å². The van der Waals surface area contributed by atoms with E-state index in [2.05, 4.69) is 16.0 Å². The van der Waals surface area contributed by atoms with Crippen molar-refractivity contribution in [3.63, 3.8) is 0 Å². The quantitative estimate of drug-likeness (QED) is 0.544. The molecule has 0 amide bonds. The average Bonchev–Trinajstić information content (AvgIpc) is 2.74. The van der Waals surface area contributed by atoms with E-state index in [1.54, 1.807) is 18.3 Å². The number of anilines is 1. The van der Waals surface area contributed by atoms with Gasteiger partial charge in [-0.15, -0.1) is 0 Å². The Morgan fingerprint density at radius 2 is 1.79 bits per heavy atom. The molecular weight excluding hydrogens is 352 g/mol. The molecule has 2 N–H and O–H groups in total. The van der Waals surface area contributed by atoms with Crippen LogP contribution in [0.4, 0.5) is 5.82 Å². The fourth-order valence-corrected chi connectivity index (χ4v) is 4.00. The van der Waals surface area contributed by atoms with Gasteiger partial charge in [-0.3, -0.25) is 9.78 Å². The SMILES string of the molecule is Nc1ccc(-c2ccc3ncc4ccc(=O)n(C5CCOCC5)c4c3c2)cn1. The normalized spacial score (nSPS) is 15.3. The fraction of sp³-hybridized carbons (Fsp3) is 0.227. The van der Waals surface area contributed by atoms with E-state index in [1.165, 1.54) is 0 Å². The second kappa shape index (κ2) is 6.73. The lowest BCUT2D eigenvalue weighted by atomic mass is 10.0. The molecule has 0 unspecified atom stereocenters. The molecule has 4 heterocycles. The van der Waals surface area contributed by atoms with Gasteiger partial charge >= 0.3 is 0 Å². The number of nitrogen functional groups attached to an aromatic ring is 1. The first-order valence-corrected chi connectivity index (χ1v) is 9.44. The van der Waals surface area contributed by atoms with Gasteiger partial charge in [0.05, 0.1) is 11.0 Å². The number of nitrogens with two attached hydrogens (primary N) is 1. The zero-order chi connectivity index (χ0) is 19.1. The number of aromatic nitrogens is 3. The van der Waals surface area contributed by atoms with E-state index < -0.39 is 0 Å². The van der Waals surface area contributed by atoms with Crippen LogP contribution in [0, 0.1) is 0 Å². The summed E-state index contributed by atoms with van der Waals surface area (Å²) < 4.78 is 7.44. The van der Waals surface area contributed by atoms with Crippen molar-refractivity contribution in [2.75, 3.05) is 18.9 Å². The number of ether oxygens (including phenoxy) is 1. The molecular formula is C22H20N4O2. The summed E-state index contributed by atoms with van der Waals surface area (Å²) in [5, 5.41) is 1.93. The lowest BCUT2D eigenvalue weighted by Gasteiger charge is -2.26. The van der Waals surface area contributed by atoms with E-state index in [1.807, 2.05) is 35.0 Å². The van der Waals surface area contributed by atoms with Crippen LogP contribution in [0.25, 0.3) is 32.9 Å². The van der Waals surface area contributed by atoms with Crippen LogP contribution < -0.4 is 11.3 Å². The van der Waals surface area contributed by atoms with Gasteiger partial charge in [0.1, 0.15) is 5.82 Å². The van der Waals surface area contributed by atoms with Crippen molar-refractivity contribution in [3.05, 3.63) is 65.2 Å². The van der Waals surface area contributed by atoms with Crippen LogP contribution in [0.1, 0.15) is 18.9 Å². The van der Waals surface area contributed by atoms with Crippen molar-refractivity contribution >= 4 is 27.6 Å². The molecule has 0 radical (unpaired) electrons. The summed E-state index contributed by atoms with van der Waals surface area (Å²) in [5.74, 6) is 0.491. The first kappa shape index (κ1) is 16.9. The van der Waals surface area contributed by atoms with E-state index >= 15 is 0 Å². The molecule has 1 fully saturated rings. The lowest BCUT2D eigenvalue weighted by Crippen LogP contribution is -2.29. The van der Waals surface area contributed by atoms with Crippen LogP contribution in [-0.2, 0) is 4.74 Å². The summed E-state index contributed by atoms with van der Waals surface area (Å²) in [6.45, 7) is 1.36. The fourth-order valence-electron chi connectivity index (χ4n) is 4.00. The molecule has 1 aromatic carbocycles. The molecule has 0 atom stereocenters. The molecule has 0 spiro atoms. The van der Waals surface area contributed by atoms with Gasteiger partial charge in [-0.1, -0.05) is 6.07 Å². The third kappa shape index (κ3) is 2.82. The zero-order valence-electron chi connectivity index (χ0n) is 15.3. The lowest BCUT2D eigenvalue weighted by molar-refractivity contribution is 0.0699. The second-order valence-corrected chi connectivity index (χ2v) is 7.15. The molecule has 140 valence electrons. The van der Waals surface area contributed by atoms with E-state index in [0.717, 1.165) is 45.8 Å². The monoisotopic (exact) mass is 372 g/mol. The molecule has 28 heavy (non-hydrogen) atoms. The zero-order valence-corrected chi connectivity index (χ0v) is 15.3. The third-order valence-corrected chi connectivity index (χ3v) is 5.43. The molecule has 0 bridgehead atoms. The van der Waals surface area contributed by atoms with E-state index in [4.69, 9.17) is 10.5 Å². The topological polar surface area (TPSA) is 83.0 Å². The molecule has 1 aliphatic heterocycles. The summed E-state index contributed by atoms with van der Waals surface area (Å²) in [6, 6.07) is 13.5. The van der Waals surface area contributed by atoms with Gasteiger partial charge in [0.25, 0.3) is 5.56 Å². The highest BCUT2D eigenvalue weighted by Crippen LogP contribution is 2.31. The predicted octanol–water partition coefficient (Wildman–Crippen LogP) is 3.55. The number of hydrogen-bond acceptors (Lipinski definition) is 5. The molecule has 1 saturated heterocycles. The van der Waals surface area contributed by atoms with Crippen molar-refractivity contribution in [1.29, 1.82) is 0 Å². The van der Waals surface area contributed by atoms with E-state index in [9.17, 15) is 4.79 Å². The number of fused-ring (bicyclic) bond motifs is 3. The molecule has 5 rings (SSSR count). The van der Waals surface area contributed by atoms with Gasteiger partial charge in [-0.2, -0.15) is 0 Å². The first-order valence-electron chi connectivity index (χ1n) is 9.44. The van der Waals surface area contributed by atoms with Gasteiger partial charge in [0.2, 0.25) is 0 Å². The minimum Gasteiger partial charge on any atom is -0.384 e. The van der Waals surface area contributed by atoms with Crippen LogP contribution >= 0.6 is 0 Å². The van der Waals surface area contributed by atoms with Gasteiger partial charge in [0, 0.05) is 54.1 Å². The highest BCUT2D eigenvalue weighted by atomic mass is 16.5. The van der Waals surface area contributed by atoms with Crippen molar-refractivity contribution in [1.82, 2.24) is 14.5 Å². The summed E-state index contributed by atoms with van der Waals surface area (Å²) in [5.41, 5.74) is 9.54. The predicted molar refractivity (Wildman–Crippen MR) is 110 cm³/mol. The Morgan fingerprint density at radius 3 is 2.57 bits per heavy atom. The summed E-state index contributed by atoms with van der Waals surface area (Å²) >= 11 is 0. The van der Waals surface area contributed by atoms with Gasteiger partial charge < -0.3 is 15.0 Å². The van der Waals surface area contributed by atoms with Crippen molar-refractivity contribution in [3.8, 4) is 11.1 Å². The van der Waals surface area contributed by atoms with Crippen LogP contribution in [0.3, 0.4) is 0 Å². The Hall–Kier alpha value is -3.25. The summed E-state index contributed by atoms with van der Waals surface area (Å²) in [4.78, 5) is 21.6. The highest BCUT2D eigenvalue weighted by molar-refractivity contribution is 6.04. The van der Waals surface area contributed by atoms with Gasteiger partial charge in [0.15, 0.2) is 0 Å². The summed E-state index contributed by atoms with van der Waals surface area (Å²) in [7, 11) is 0. The van der Waals surface area contributed by atoms with Crippen LogP contribution in [0.15, 0.2) is 59.7 Å². The second-order valence-electron chi connectivity index (χ2n) is 7.15. The molecule has 4 aromatic rings. The average molecular weight is 372 g/mol. The molecule has 1 aliphatic rings. The Bertz CT molecular complexity index is 1230. The number of benzene rings is 1. The maximum Gasteiger partial charge on any atom is 0.251 e. The Morgan fingerprint density at radius 1 is 0.964 bits per heavy atom. The largest absolute Gasteiger partial charge is 0.384 e. The molecule has 6 nitrogen and oxygen atoms in total. The smallest absolute Gasteiger partial charge is 0.251 e. The maximum absolute atomic E-state index is 12.8. The van der Waals surface area contributed by atoms with Crippen molar-refractivity contribution in [2.24, 2.45) is 0 Å². The van der Waals surface area contributed by atoms with Crippen LogP contribution in [0.5, 0.6) is 0 Å². The van der Waals surface area contributed by atoms with Crippen LogP contribution in [-0.4, -0.2) is 27.7 Å². The molecule has 0 aliphatic carbocycles. The first-order chi connectivity index (χ1) is 13.7.